The molecule has 0 bridgehead atoms. The minimum atomic E-state index is -0.141. The van der Waals surface area contributed by atoms with Gasteiger partial charge in [-0.25, -0.2) is 0 Å². The largest absolute Gasteiger partial charge is 0.508 e. The number of carbonyl (C=O) groups excluding carboxylic acids is 3. The summed E-state index contributed by atoms with van der Waals surface area (Å²) < 4.78 is 7.52. The van der Waals surface area contributed by atoms with Gasteiger partial charge in [-0.1, -0.05) is 36.4 Å². The molecule has 9 nitrogen and oxygen atoms in total. The third kappa shape index (κ3) is 6.45. The first-order valence-electron chi connectivity index (χ1n) is 18.4. The molecular formula is C44H44N4O5. The summed E-state index contributed by atoms with van der Waals surface area (Å²) in [5.74, 6) is 0.716. The zero-order chi connectivity index (χ0) is 36.8. The minimum absolute atomic E-state index is 0.00148. The number of amides is 3. The van der Waals surface area contributed by atoms with Crippen molar-refractivity contribution in [3.8, 4) is 22.8 Å². The normalized spacial score (nSPS) is 16.1. The number of phenolic OH excluding ortho intramolecular Hbond substituents is 1. The summed E-state index contributed by atoms with van der Waals surface area (Å²) in [5.41, 5.74) is 9.82. The van der Waals surface area contributed by atoms with Gasteiger partial charge in [0.2, 0.25) is 5.91 Å². The van der Waals surface area contributed by atoms with E-state index in [2.05, 4.69) is 35.8 Å². The van der Waals surface area contributed by atoms with Gasteiger partial charge in [0, 0.05) is 67.5 Å². The first-order chi connectivity index (χ1) is 25.7. The average Bonchev–Trinajstić information content (AvgIpc) is 3.79. The Bertz CT molecular complexity index is 2220. The Morgan fingerprint density at radius 3 is 2.28 bits per heavy atom. The van der Waals surface area contributed by atoms with Crippen molar-refractivity contribution in [3.05, 3.63) is 136 Å². The number of fused-ring (bicyclic) bond motifs is 3. The van der Waals surface area contributed by atoms with Crippen LogP contribution in [0, 0.1) is 0 Å². The first-order valence-corrected chi connectivity index (χ1v) is 18.4. The van der Waals surface area contributed by atoms with E-state index >= 15 is 0 Å². The van der Waals surface area contributed by atoms with Crippen molar-refractivity contribution in [2.75, 3.05) is 19.1 Å². The predicted molar refractivity (Wildman–Crippen MR) is 204 cm³/mol. The molecule has 4 heterocycles. The number of benzene rings is 4. The van der Waals surface area contributed by atoms with E-state index < -0.39 is 0 Å². The molecule has 1 aromatic heterocycles. The Morgan fingerprint density at radius 2 is 1.55 bits per heavy atom. The van der Waals surface area contributed by atoms with Crippen LogP contribution in [-0.4, -0.2) is 57.4 Å². The standard InChI is InChI=1S/C44H44N4O5/c1-28-20-30-8-4-5-9-31(30)27-48(28)44(52)38-23-33-26-46(42(50)21-29-11-17-36(53-3)18-12-29)25-32(33)22-37(38)41-24-39(40-10-6-7-19-47(40)41)43(51)45(2)34-13-15-35(49)16-14-34/h4-5,8-9,11-18,22-24,28,49H,6-7,10,19-21,25-27H2,1-3H3/t28-/m1/s1. The Kier molecular flexibility index (Phi) is 9.02. The van der Waals surface area contributed by atoms with Crippen LogP contribution in [0.25, 0.3) is 11.3 Å². The molecule has 9 heteroatoms. The molecule has 0 spiro atoms. The van der Waals surface area contributed by atoms with Gasteiger partial charge in [0.25, 0.3) is 11.8 Å². The average molecular weight is 709 g/mol. The molecule has 3 amide bonds. The second-order valence-electron chi connectivity index (χ2n) is 14.6. The number of nitrogens with zero attached hydrogens (tertiary/aromatic N) is 4. The maximum Gasteiger partial charge on any atom is 0.259 e. The highest BCUT2D eigenvalue weighted by Crippen LogP contribution is 2.39. The van der Waals surface area contributed by atoms with Gasteiger partial charge in [-0.3, -0.25) is 14.4 Å². The van der Waals surface area contributed by atoms with Crippen LogP contribution in [0.2, 0.25) is 0 Å². The van der Waals surface area contributed by atoms with E-state index in [1.165, 1.54) is 5.56 Å². The van der Waals surface area contributed by atoms with Gasteiger partial charge < -0.3 is 29.1 Å². The number of rotatable bonds is 7. The van der Waals surface area contributed by atoms with Crippen LogP contribution < -0.4 is 9.64 Å². The SMILES string of the molecule is COc1ccc(CC(=O)N2Cc3cc(C(=O)N4Cc5ccccc5C[C@H]4C)c(-c4cc(C(=O)N(C)c5ccc(O)cc5)c5n4CCCC5)cc3C2)cc1. The highest BCUT2D eigenvalue weighted by molar-refractivity contribution is 6.08. The lowest BCUT2D eigenvalue weighted by molar-refractivity contribution is -0.131. The molecule has 0 aliphatic carbocycles. The molecule has 1 N–H and O–H groups in total. The summed E-state index contributed by atoms with van der Waals surface area (Å²) in [6.07, 6.45) is 3.75. The monoisotopic (exact) mass is 708 g/mol. The van der Waals surface area contributed by atoms with Crippen molar-refractivity contribution in [2.45, 2.75) is 71.2 Å². The Balaban J connectivity index is 1.19. The van der Waals surface area contributed by atoms with Crippen molar-refractivity contribution in [1.29, 1.82) is 0 Å². The van der Waals surface area contributed by atoms with Gasteiger partial charge in [-0.05, 0) is 115 Å². The molecule has 3 aliphatic rings. The molecular weight excluding hydrogens is 665 g/mol. The van der Waals surface area contributed by atoms with E-state index in [-0.39, 0.29) is 35.9 Å². The van der Waals surface area contributed by atoms with Gasteiger partial charge in [-0.15, -0.1) is 0 Å². The number of aromatic nitrogens is 1. The van der Waals surface area contributed by atoms with Crippen molar-refractivity contribution in [2.24, 2.45) is 0 Å². The molecule has 0 saturated heterocycles. The molecule has 1 atom stereocenters. The minimum Gasteiger partial charge on any atom is -0.508 e. The summed E-state index contributed by atoms with van der Waals surface area (Å²) >= 11 is 0. The van der Waals surface area contributed by atoms with Crippen LogP contribution in [0.3, 0.4) is 0 Å². The van der Waals surface area contributed by atoms with Gasteiger partial charge in [0.1, 0.15) is 11.5 Å². The van der Waals surface area contributed by atoms with Crippen LogP contribution in [0.4, 0.5) is 5.69 Å². The van der Waals surface area contributed by atoms with E-state index in [0.29, 0.717) is 36.4 Å². The number of aromatic hydroxyl groups is 1. The molecule has 270 valence electrons. The van der Waals surface area contributed by atoms with E-state index in [0.717, 1.165) is 77.2 Å². The Morgan fingerprint density at radius 1 is 0.830 bits per heavy atom. The molecule has 0 unspecified atom stereocenters. The van der Waals surface area contributed by atoms with Gasteiger partial charge in [0.15, 0.2) is 0 Å². The quantitative estimate of drug-likeness (QED) is 0.194. The second kappa shape index (κ2) is 14.0. The number of hydrogen-bond acceptors (Lipinski definition) is 5. The maximum absolute atomic E-state index is 14.9. The Labute approximate surface area is 310 Å². The van der Waals surface area contributed by atoms with E-state index in [1.807, 2.05) is 52.3 Å². The fourth-order valence-electron chi connectivity index (χ4n) is 8.21. The van der Waals surface area contributed by atoms with Crippen LogP contribution >= 0.6 is 0 Å². The van der Waals surface area contributed by atoms with Crippen molar-refractivity contribution in [1.82, 2.24) is 14.4 Å². The second-order valence-corrected chi connectivity index (χ2v) is 14.6. The number of anilines is 1. The third-order valence-electron chi connectivity index (χ3n) is 11.2. The summed E-state index contributed by atoms with van der Waals surface area (Å²) in [7, 11) is 3.37. The molecule has 0 fully saturated rings. The van der Waals surface area contributed by atoms with Crippen molar-refractivity contribution < 1.29 is 24.2 Å². The number of methoxy groups -OCH3 is 1. The highest BCUT2D eigenvalue weighted by Gasteiger charge is 2.34. The lowest BCUT2D eigenvalue weighted by atomic mass is 9.92. The molecule has 5 aromatic rings. The van der Waals surface area contributed by atoms with Crippen LogP contribution in [0.5, 0.6) is 11.5 Å². The summed E-state index contributed by atoms with van der Waals surface area (Å²) in [6.45, 7) is 4.24. The van der Waals surface area contributed by atoms with Gasteiger partial charge >= 0.3 is 0 Å². The fraction of sp³-hybridized carbons (Fsp3) is 0.295. The number of hydrogen-bond donors (Lipinski definition) is 1. The molecule has 8 rings (SSSR count). The van der Waals surface area contributed by atoms with E-state index in [1.54, 1.807) is 43.3 Å². The number of phenols is 1. The first kappa shape index (κ1) is 34.3. The van der Waals surface area contributed by atoms with Crippen LogP contribution in [-0.2, 0) is 50.2 Å². The highest BCUT2D eigenvalue weighted by atomic mass is 16.5. The fourth-order valence-corrected chi connectivity index (χ4v) is 8.21. The van der Waals surface area contributed by atoms with Gasteiger partial charge in [-0.2, -0.15) is 0 Å². The number of ether oxygens (including phenoxy) is 1. The lowest BCUT2D eigenvalue weighted by Crippen LogP contribution is -2.42. The molecule has 0 radical (unpaired) electrons. The molecule has 53 heavy (non-hydrogen) atoms. The molecule has 0 saturated carbocycles. The number of carbonyl (C=O) groups is 3. The lowest BCUT2D eigenvalue weighted by Gasteiger charge is -2.35. The zero-order valence-electron chi connectivity index (χ0n) is 30.5. The predicted octanol–water partition coefficient (Wildman–Crippen LogP) is 7.15. The smallest absolute Gasteiger partial charge is 0.259 e. The molecule has 4 aromatic carbocycles. The van der Waals surface area contributed by atoms with Crippen molar-refractivity contribution in [3.63, 3.8) is 0 Å². The molecule has 3 aliphatic heterocycles. The third-order valence-corrected chi connectivity index (χ3v) is 11.2. The summed E-state index contributed by atoms with van der Waals surface area (Å²) in [6, 6.07) is 28.6. The topological polar surface area (TPSA) is 95.3 Å². The summed E-state index contributed by atoms with van der Waals surface area (Å²) in [4.78, 5) is 48.2. The summed E-state index contributed by atoms with van der Waals surface area (Å²) in [5, 5.41) is 9.85. The zero-order valence-corrected chi connectivity index (χ0v) is 30.5. The Hall–Kier alpha value is -5.83. The van der Waals surface area contributed by atoms with E-state index in [4.69, 9.17) is 4.74 Å². The maximum atomic E-state index is 14.9. The van der Waals surface area contributed by atoms with Crippen LogP contribution in [0.15, 0.2) is 91.0 Å². The van der Waals surface area contributed by atoms with E-state index in [9.17, 15) is 19.5 Å². The van der Waals surface area contributed by atoms with Crippen LogP contribution in [0.1, 0.15) is 74.0 Å². The van der Waals surface area contributed by atoms with Gasteiger partial charge in [0.05, 0.1) is 19.1 Å². The van der Waals surface area contributed by atoms with Crippen molar-refractivity contribution >= 4 is 23.4 Å².